The zero-order valence-corrected chi connectivity index (χ0v) is 12.8. The van der Waals surface area contributed by atoms with Crippen LogP contribution in [0.25, 0.3) is 0 Å². The summed E-state index contributed by atoms with van der Waals surface area (Å²) in [7, 11) is 0. The van der Waals surface area contributed by atoms with Crippen LogP contribution in [0.3, 0.4) is 0 Å². The van der Waals surface area contributed by atoms with E-state index < -0.39 is 0 Å². The summed E-state index contributed by atoms with van der Waals surface area (Å²) in [5.41, 5.74) is 4.37. The van der Waals surface area contributed by atoms with Gasteiger partial charge in [-0.05, 0) is 39.5 Å². The molecule has 0 N–H and O–H groups in total. The van der Waals surface area contributed by atoms with Crippen molar-refractivity contribution in [3.8, 4) is 0 Å². The van der Waals surface area contributed by atoms with Crippen LogP contribution in [0, 0.1) is 17.8 Å². The fraction of sp³-hybridized carbons (Fsp3) is 0.706. The number of carbonyl (C=O) groups is 1. The highest BCUT2D eigenvalue weighted by molar-refractivity contribution is 5.66. The van der Waals surface area contributed by atoms with Crippen LogP contribution in [0.5, 0.6) is 0 Å². The lowest BCUT2D eigenvalue weighted by Gasteiger charge is -2.44. The van der Waals surface area contributed by atoms with Crippen molar-refractivity contribution in [1.82, 2.24) is 0 Å². The van der Waals surface area contributed by atoms with Crippen molar-refractivity contribution in [2.75, 3.05) is 0 Å². The largest absolute Gasteiger partial charge is 0.462 e. The first-order valence-corrected chi connectivity index (χ1v) is 7.41. The van der Waals surface area contributed by atoms with Gasteiger partial charge in [0.1, 0.15) is 6.10 Å². The SMILES string of the molecule is CC(=O)O[C@H]1CC(C)=C[C@@H]2C(=C(C)C)CC[C@@H](C)[C@H]12. The lowest BCUT2D eigenvalue weighted by Crippen LogP contribution is -2.41. The van der Waals surface area contributed by atoms with Gasteiger partial charge >= 0.3 is 5.97 Å². The summed E-state index contributed by atoms with van der Waals surface area (Å²) >= 11 is 0. The molecule has 4 atom stereocenters. The summed E-state index contributed by atoms with van der Waals surface area (Å²) in [6.07, 6.45) is 5.80. The standard InChI is InChI=1S/C17H26O2/c1-10(2)14-7-6-12(4)17-15(14)8-11(3)9-16(17)19-13(5)18/h8,12,15-17H,6-7,9H2,1-5H3/t12-,15-,16+,17+/m1/s1. The van der Waals surface area contributed by atoms with Gasteiger partial charge in [-0.25, -0.2) is 0 Å². The van der Waals surface area contributed by atoms with Crippen LogP contribution in [0.2, 0.25) is 0 Å². The molecule has 0 saturated heterocycles. The molecule has 2 heteroatoms. The first-order valence-electron chi connectivity index (χ1n) is 7.41. The second-order valence-electron chi connectivity index (χ2n) is 6.51. The van der Waals surface area contributed by atoms with E-state index in [0.717, 1.165) is 6.42 Å². The van der Waals surface area contributed by atoms with Crippen molar-refractivity contribution in [3.63, 3.8) is 0 Å². The van der Waals surface area contributed by atoms with E-state index >= 15 is 0 Å². The quantitative estimate of drug-likeness (QED) is 0.521. The molecule has 2 aliphatic carbocycles. The molecular weight excluding hydrogens is 236 g/mol. The molecule has 0 aromatic heterocycles. The van der Waals surface area contributed by atoms with E-state index in [9.17, 15) is 4.79 Å². The highest BCUT2D eigenvalue weighted by Gasteiger charge is 2.42. The minimum absolute atomic E-state index is 0.0668. The van der Waals surface area contributed by atoms with E-state index in [1.807, 2.05) is 0 Å². The first-order chi connectivity index (χ1) is 8.90. The Bertz CT molecular complexity index is 427. The van der Waals surface area contributed by atoms with E-state index in [2.05, 4.69) is 33.8 Å². The maximum absolute atomic E-state index is 11.4. The third kappa shape index (κ3) is 2.93. The Morgan fingerprint density at radius 1 is 1.32 bits per heavy atom. The van der Waals surface area contributed by atoms with Crippen LogP contribution in [0.15, 0.2) is 22.8 Å². The number of hydrogen-bond acceptors (Lipinski definition) is 2. The third-order valence-electron chi connectivity index (χ3n) is 4.72. The van der Waals surface area contributed by atoms with Crippen LogP contribution < -0.4 is 0 Å². The van der Waals surface area contributed by atoms with Crippen molar-refractivity contribution in [1.29, 1.82) is 0 Å². The topological polar surface area (TPSA) is 26.3 Å². The highest BCUT2D eigenvalue weighted by atomic mass is 16.5. The Labute approximate surface area is 116 Å². The molecule has 2 rings (SSSR count). The van der Waals surface area contributed by atoms with Gasteiger partial charge in [0.25, 0.3) is 0 Å². The van der Waals surface area contributed by atoms with Gasteiger partial charge in [0.15, 0.2) is 0 Å². The van der Waals surface area contributed by atoms with E-state index in [1.54, 1.807) is 5.57 Å². The Kier molecular flexibility index (Phi) is 4.17. The van der Waals surface area contributed by atoms with E-state index in [1.165, 1.54) is 30.9 Å². The number of ether oxygens (including phenoxy) is 1. The van der Waals surface area contributed by atoms with Crippen LogP contribution in [0.4, 0.5) is 0 Å². The lowest BCUT2D eigenvalue weighted by molar-refractivity contribution is -0.151. The summed E-state index contributed by atoms with van der Waals surface area (Å²) in [4.78, 5) is 11.4. The summed E-state index contributed by atoms with van der Waals surface area (Å²) in [6, 6.07) is 0. The molecule has 0 amide bonds. The van der Waals surface area contributed by atoms with Crippen molar-refractivity contribution >= 4 is 5.97 Å². The minimum Gasteiger partial charge on any atom is -0.462 e. The molecule has 0 aromatic carbocycles. The molecule has 2 aliphatic rings. The second kappa shape index (κ2) is 5.52. The Hall–Kier alpha value is -1.05. The van der Waals surface area contributed by atoms with Crippen LogP contribution >= 0.6 is 0 Å². The Balaban J connectivity index is 2.36. The number of allylic oxidation sites excluding steroid dienone is 3. The number of rotatable bonds is 1. The van der Waals surface area contributed by atoms with Crippen molar-refractivity contribution in [2.24, 2.45) is 17.8 Å². The molecule has 1 saturated carbocycles. The number of esters is 1. The fourth-order valence-electron chi connectivity index (χ4n) is 3.88. The molecule has 0 aromatic rings. The van der Waals surface area contributed by atoms with Gasteiger partial charge in [-0.15, -0.1) is 0 Å². The minimum atomic E-state index is -0.144. The summed E-state index contributed by atoms with van der Waals surface area (Å²) < 4.78 is 5.63. The normalized spacial score (nSPS) is 34.4. The molecule has 106 valence electrons. The van der Waals surface area contributed by atoms with Crippen molar-refractivity contribution < 1.29 is 9.53 Å². The van der Waals surface area contributed by atoms with Gasteiger partial charge in [0.05, 0.1) is 0 Å². The molecule has 0 radical (unpaired) electrons. The second-order valence-corrected chi connectivity index (χ2v) is 6.51. The predicted molar refractivity (Wildman–Crippen MR) is 77.7 cm³/mol. The molecule has 0 bridgehead atoms. The smallest absolute Gasteiger partial charge is 0.302 e. The van der Waals surface area contributed by atoms with Crippen molar-refractivity contribution in [2.45, 2.75) is 60.0 Å². The molecule has 1 fully saturated rings. The zero-order chi connectivity index (χ0) is 14.2. The molecule has 0 aliphatic heterocycles. The summed E-state index contributed by atoms with van der Waals surface area (Å²) in [5.74, 6) is 1.43. The highest BCUT2D eigenvalue weighted by Crippen LogP contribution is 2.47. The third-order valence-corrected chi connectivity index (χ3v) is 4.72. The van der Waals surface area contributed by atoms with Gasteiger partial charge in [-0.1, -0.05) is 29.7 Å². The first kappa shape index (κ1) is 14.4. The molecule has 0 unspecified atom stereocenters. The van der Waals surface area contributed by atoms with Crippen molar-refractivity contribution in [3.05, 3.63) is 22.8 Å². The van der Waals surface area contributed by atoms with Gasteiger partial charge in [0, 0.05) is 25.2 Å². The van der Waals surface area contributed by atoms with E-state index in [0.29, 0.717) is 17.8 Å². The maximum Gasteiger partial charge on any atom is 0.302 e. The van der Waals surface area contributed by atoms with E-state index in [-0.39, 0.29) is 12.1 Å². The van der Waals surface area contributed by atoms with Gasteiger partial charge in [-0.3, -0.25) is 4.79 Å². The molecule has 0 spiro atoms. The summed E-state index contributed by atoms with van der Waals surface area (Å²) in [5, 5.41) is 0. The molecular formula is C17H26O2. The predicted octanol–water partition coefficient (Wildman–Crippen LogP) is 4.27. The monoisotopic (exact) mass is 262 g/mol. The fourth-order valence-corrected chi connectivity index (χ4v) is 3.88. The lowest BCUT2D eigenvalue weighted by atomic mass is 9.63. The van der Waals surface area contributed by atoms with Gasteiger partial charge < -0.3 is 4.74 Å². The Morgan fingerprint density at radius 2 is 2.00 bits per heavy atom. The molecule has 19 heavy (non-hydrogen) atoms. The average Bonchev–Trinajstić information content (AvgIpc) is 2.26. The summed E-state index contributed by atoms with van der Waals surface area (Å²) in [6.45, 7) is 10.4. The number of carbonyl (C=O) groups excluding carboxylic acids is 1. The Morgan fingerprint density at radius 3 is 2.58 bits per heavy atom. The molecule has 0 heterocycles. The number of hydrogen-bond donors (Lipinski definition) is 0. The molecule has 2 nitrogen and oxygen atoms in total. The average molecular weight is 262 g/mol. The maximum atomic E-state index is 11.4. The van der Waals surface area contributed by atoms with E-state index in [4.69, 9.17) is 4.74 Å². The van der Waals surface area contributed by atoms with Gasteiger partial charge in [-0.2, -0.15) is 0 Å². The zero-order valence-electron chi connectivity index (χ0n) is 12.8. The van der Waals surface area contributed by atoms with Crippen LogP contribution in [-0.2, 0) is 9.53 Å². The van der Waals surface area contributed by atoms with Crippen LogP contribution in [0.1, 0.15) is 53.9 Å². The van der Waals surface area contributed by atoms with Crippen LogP contribution in [-0.4, -0.2) is 12.1 Å². The van der Waals surface area contributed by atoms with Gasteiger partial charge in [0.2, 0.25) is 0 Å². The number of fused-ring (bicyclic) bond motifs is 1.